The predicted octanol–water partition coefficient (Wildman–Crippen LogP) is 1.54. The summed E-state index contributed by atoms with van der Waals surface area (Å²) in [6.45, 7) is 1.81. The van der Waals surface area contributed by atoms with Crippen LogP contribution in [0.3, 0.4) is 0 Å². The number of nitrogens with zero attached hydrogens (tertiary/aromatic N) is 1. The van der Waals surface area contributed by atoms with Crippen LogP contribution < -0.4 is 5.73 Å². The van der Waals surface area contributed by atoms with Crippen LogP contribution in [0, 0.1) is 17.0 Å². The van der Waals surface area contributed by atoms with Crippen molar-refractivity contribution in [1.29, 1.82) is 0 Å². The quantitative estimate of drug-likeness (QED) is 0.494. The lowest BCUT2D eigenvalue weighted by Crippen LogP contribution is -2.25. The van der Waals surface area contributed by atoms with Gasteiger partial charge in [0.25, 0.3) is 5.69 Å². The van der Waals surface area contributed by atoms with Gasteiger partial charge in [-0.3, -0.25) is 14.9 Å². The van der Waals surface area contributed by atoms with Gasteiger partial charge in [0.15, 0.2) is 0 Å². The third-order valence-electron chi connectivity index (χ3n) is 2.14. The number of nitrogens with two attached hydrogens (primary N) is 1. The molecule has 1 aromatic carbocycles. The van der Waals surface area contributed by atoms with Gasteiger partial charge in [-0.2, -0.15) is 0 Å². The Morgan fingerprint density at radius 1 is 1.62 bits per heavy atom. The Kier molecular flexibility index (Phi) is 3.84. The van der Waals surface area contributed by atoms with Gasteiger partial charge in [-0.15, -0.1) is 11.6 Å². The van der Waals surface area contributed by atoms with Crippen LogP contribution in [-0.4, -0.2) is 16.2 Å². The Morgan fingerprint density at radius 2 is 2.25 bits per heavy atom. The number of aryl methyl sites for hydroxylation is 1. The van der Waals surface area contributed by atoms with Crippen molar-refractivity contribution in [3.8, 4) is 0 Å². The second-order valence-corrected chi connectivity index (χ2v) is 3.99. The van der Waals surface area contributed by atoms with E-state index in [0.717, 1.165) is 5.56 Å². The zero-order valence-corrected chi connectivity index (χ0v) is 9.40. The van der Waals surface area contributed by atoms with Gasteiger partial charge in [0, 0.05) is 18.1 Å². The molecule has 86 valence electrons. The van der Waals surface area contributed by atoms with E-state index in [2.05, 4.69) is 0 Å². The number of carbonyl (C=O) groups is 1. The molecule has 0 radical (unpaired) electrons. The summed E-state index contributed by atoms with van der Waals surface area (Å²) < 4.78 is 0. The Bertz CT molecular complexity index is 434. The first-order valence-electron chi connectivity index (χ1n) is 4.59. The molecule has 1 atom stereocenters. The van der Waals surface area contributed by atoms with Gasteiger partial charge in [0.05, 0.1) is 4.92 Å². The van der Waals surface area contributed by atoms with Crippen LogP contribution in [0.2, 0.25) is 0 Å². The van der Waals surface area contributed by atoms with Crippen LogP contribution in [0.5, 0.6) is 0 Å². The number of hydrogen-bond donors (Lipinski definition) is 1. The Hall–Kier alpha value is -1.62. The SMILES string of the molecule is Cc1ccc([N+](=O)[O-])c(CC(Cl)C(N)=O)c1. The third-order valence-corrected chi connectivity index (χ3v) is 2.51. The molecule has 0 aromatic heterocycles. The van der Waals surface area contributed by atoms with Crippen molar-refractivity contribution >= 4 is 23.2 Å². The molecule has 0 aliphatic heterocycles. The van der Waals surface area contributed by atoms with Crippen LogP contribution in [-0.2, 0) is 11.2 Å². The van der Waals surface area contributed by atoms with Crippen molar-refractivity contribution in [2.75, 3.05) is 0 Å². The van der Waals surface area contributed by atoms with E-state index in [1.165, 1.54) is 6.07 Å². The van der Waals surface area contributed by atoms with Gasteiger partial charge in [-0.25, -0.2) is 0 Å². The molecule has 1 unspecified atom stereocenters. The molecule has 6 heteroatoms. The monoisotopic (exact) mass is 242 g/mol. The fourth-order valence-electron chi connectivity index (χ4n) is 1.35. The van der Waals surface area contributed by atoms with Crippen molar-refractivity contribution in [3.63, 3.8) is 0 Å². The Morgan fingerprint density at radius 3 is 2.75 bits per heavy atom. The predicted molar refractivity (Wildman–Crippen MR) is 60.4 cm³/mol. The molecule has 1 amide bonds. The minimum atomic E-state index is -0.930. The van der Waals surface area contributed by atoms with Gasteiger partial charge in [-0.1, -0.05) is 11.6 Å². The van der Waals surface area contributed by atoms with Crippen molar-refractivity contribution in [1.82, 2.24) is 0 Å². The number of benzene rings is 1. The zero-order chi connectivity index (χ0) is 12.3. The van der Waals surface area contributed by atoms with Gasteiger partial charge in [0.2, 0.25) is 5.91 Å². The van der Waals surface area contributed by atoms with Crippen molar-refractivity contribution in [3.05, 3.63) is 39.4 Å². The first-order chi connectivity index (χ1) is 7.41. The molecular formula is C10H11ClN2O3. The Labute approximate surface area is 97.3 Å². The largest absolute Gasteiger partial charge is 0.368 e. The van der Waals surface area contributed by atoms with E-state index in [1.54, 1.807) is 19.1 Å². The summed E-state index contributed by atoms with van der Waals surface area (Å²) in [4.78, 5) is 21.0. The number of carbonyl (C=O) groups excluding carboxylic acids is 1. The van der Waals surface area contributed by atoms with E-state index in [9.17, 15) is 14.9 Å². The molecule has 0 aliphatic rings. The smallest absolute Gasteiger partial charge is 0.272 e. The van der Waals surface area contributed by atoms with E-state index in [-0.39, 0.29) is 12.1 Å². The molecule has 0 saturated carbocycles. The summed E-state index contributed by atoms with van der Waals surface area (Å²) in [6, 6.07) is 4.67. The molecule has 16 heavy (non-hydrogen) atoms. The number of alkyl halides is 1. The highest BCUT2D eigenvalue weighted by molar-refractivity contribution is 6.30. The molecule has 0 fully saturated rings. The molecule has 0 aliphatic carbocycles. The minimum Gasteiger partial charge on any atom is -0.368 e. The highest BCUT2D eigenvalue weighted by Crippen LogP contribution is 2.22. The fraction of sp³-hybridized carbons (Fsp3) is 0.300. The number of nitro groups is 1. The van der Waals surface area contributed by atoms with E-state index < -0.39 is 16.2 Å². The molecule has 0 spiro atoms. The van der Waals surface area contributed by atoms with E-state index in [0.29, 0.717) is 5.56 Å². The molecule has 0 bridgehead atoms. The second-order valence-electron chi connectivity index (χ2n) is 3.46. The highest BCUT2D eigenvalue weighted by atomic mass is 35.5. The second kappa shape index (κ2) is 4.94. The van der Waals surface area contributed by atoms with Gasteiger partial charge < -0.3 is 5.73 Å². The lowest BCUT2D eigenvalue weighted by molar-refractivity contribution is -0.385. The van der Waals surface area contributed by atoms with Crippen molar-refractivity contribution in [2.24, 2.45) is 5.73 Å². The van der Waals surface area contributed by atoms with Crippen LogP contribution in [0.1, 0.15) is 11.1 Å². The number of hydrogen-bond acceptors (Lipinski definition) is 3. The average molecular weight is 243 g/mol. The number of rotatable bonds is 4. The van der Waals surface area contributed by atoms with Gasteiger partial charge in [-0.05, 0) is 13.0 Å². The lowest BCUT2D eigenvalue weighted by atomic mass is 10.0. The summed E-state index contributed by atoms with van der Waals surface area (Å²) in [6.07, 6.45) is 0.0644. The molecule has 1 aromatic rings. The number of nitro benzene ring substituents is 1. The molecule has 1 rings (SSSR count). The van der Waals surface area contributed by atoms with Gasteiger partial charge in [0.1, 0.15) is 5.38 Å². The fourth-order valence-corrected chi connectivity index (χ4v) is 1.52. The third kappa shape index (κ3) is 2.93. The van der Waals surface area contributed by atoms with E-state index in [4.69, 9.17) is 17.3 Å². The van der Waals surface area contributed by atoms with E-state index in [1.807, 2.05) is 0 Å². The lowest BCUT2D eigenvalue weighted by Gasteiger charge is -2.06. The maximum atomic E-state index is 10.8. The minimum absolute atomic E-state index is 0.0440. The number of primary amides is 1. The van der Waals surface area contributed by atoms with E-state index >= 15 is 0 Å². The molecule has 0 saturated heterocycles. The van der Waals surface area contributed by atoms with Gasteiger partial charge >= 0.3 is 0 Å². The first-order valence-corrected chi connectivity index (χ1v) is 5.02. The Balaban J connectivity index is 3.05. The number of amides is 1. The maximum absolute atomic E-state index is 10.8. The highest BCUT2D eigenvalue weighted by Gasteiger charge is 2.19. The normalized spacial score (nSPS) is 12.1. The first kappa shape index (κ1) is 12.4. The molecule has 2 N–H and O–H groups in total. The molecule has 0 heterocycles. The van der Waals surface area contributed by atoms with Crippen LogP contribution in [0.4, 0.5) is 5.69 Å². The standard InChI is InChI=1S/C10H11ClN2O3/c1-6-2-3-9(13(15)16)7(4-6)5-8(11)10(12)14/h2-4,8H,5H2,1H3,(H2,12,14). The topological polar surface area (TPSA) is 86.2 Å². The summed E-state index contributed by atoms with van der Waals surface area (Å²) in [5.41, 5.74) is 6.25. The summed E-state index contributed by atoms with van der Waals surface area (Å²) >= 11 is 5.68. The average Bonchev–Trinajstić information content (AvgIpc) is 2.16. The van der Waals surface area contributed by atoms with Crippen molar-refractivity contribution < 1.29 is 9.72 Å². The van der Waals surface area contributed by atoms with Crippen LogP contribution >= 0.6 is 11.6 Å². The molecule has 5 nitrogen and oxygen atoms in total. The summed E-state index contributed by atoms with van der Waals surface area (Å²) in [5.74, 6) is -0.683. The summed E-state index contributed by atoms with van der Waals surface area (Å²) in [5, 5.41) is 9.80. The molecular weight excluding hydrogens is 232 g/mol. The number of halogens is 1. The zero-order valence-electron chi connectivity index (χ0n) is 8.64. The van der Waals surface area contributed by atoms with Crippen LogP contribution in [0.25, 0.3) is 0 Å². The van der Waals surface area contributed by atoms with Crippen LogP contribution in [0.15, 0.2) is 18.2 Å². The van der Waals surface area contributed by atoms with Crippen molar-refractivity contribution in [2.45, 2.75) is 18.7 Å². The summed E-state index contributed by atoms with van der Waals surface area (Å²) in [7, 11) is 0. The maximum Gasteiger partial charge on any atom is 0.272 e.